The molecule has 0 saturated heterocycles. The second-order valence-electron chi connectivity index (χ2n) is 6.07. The maximum atomic E-state index is 12.8. The zero-order chi connectivity index (χ0) is 20.1. The largest absolute Gasteiger partial charge is 0.396 e. The monoisotopic (exact) mass is 438 g/mol. The summed E-state index contributed by atoms with van der Waals surface area (Å²) in [5.74, 6) is 0.150. The summed E-state index contributed by atoms with van der Waals surface area (Å²) in [4.78, 5) is 17.5. The van der Waals surface area contributed by atoms with Gasteiger partial charge >= 0.3 is 0 Å². The molecule has 0 spiro atoms. The third kappa shape index (κ3) is 4.75. The highest BCUT2D eigenvalue weighted by molar-refractivity contribution is 8.00. The molecule has 1 heterocycles. The molecule has 2 aromatic carbocycles. The number of sulfone groups is 1. The molecule has 0 radical (unpaired) electrons. The molecule has 1 N–H and O–H groups in total. The first kappa shape index (κ1) is 20.9. The number of nitrogens with zero attached hydrogens (tertiary/aromatic N) is 2. The number of aromatic nitrogens is 2. The van der Waals surface area contributed by atoms with Crippen molar-refractivity contribution in [3.63, 3.8) is 0 Å². The molecule has 0 aliphatic heterocycles. The highest BCUT2D eigenvalue weighted by atomic mass is 35.5. The van der Waals surface area contributed by atoms with Crippen LogP contribution in [0.1, 0.15) is 6.42 Å². The molecule has 0 saturated carbocycles. The van der Waals surface area contributed by atoms with E-state index in [2.05, 4.69) is 4.98 Å². The van der Waals surface area contributed by atoms with Gasteiger partial charge in [0, 0.05) is 23.9 Å². The number of para-hydroxylation sites is 1. The van der Waals surface area contributed by atoms with E-state index in [9.17, 15) is 13.2 Å². The Bertz CT molecular complexity index is 1130. The van der Waals surface area contributed by atoms with Crippen molar-refractivity contribution in [3.8, 4) is 0 Å². The van der Waals surface area contributed by atoms with Gasteiger partial charge in [0.1, 0.15) is 0 Å². The normalized spacial score (nSPS) is 11.8. The summed E-state index contributed by atoms with van der Waals surface area (Å²) in [6.07, 6.45) is 0.413. The molecule has 1 aromatic heterocycles. The second kappa shape index (κ2) is 9.09. The standard InChI is InChI=1S/C19H19ClN2O4S2/c20-14-6-8-15(9-7-14)28(25,26)13-12-27-19-21-17-5-2-1-4-16(17)18(24)22(19)10-3-11-23/h1-2,4-9,23H,3,10-13H2. The average molecular weight is 439 g/mol. The van der Waals surface area contributed by atoms with Crippen LogP contribution in [0, 0.1) is 0 Å². The Kier molecular flexibility index (Phi) is 6.77. The molecule has 0 bridgehead atoms. The highest BCUT2D eigenvalue weighted by Crippen LogP contribution is 2.21. The van der Waals surface area contributed by atoms with E-state index in [1.54, 1.807) is 36.4 Å². The number of hydrogen-bond acceptors (Lipinski definition) is 6. The van der Waals surface area contributed by atoms with E-state index in [-0.39, 0.29) is 28.6 Å². The summed E-state index contributed by atoms with van der Waals surface area (Å²) in [6.45, 7) is 0.272. The van der Waals surface area contributed by atoms with Crippen molar-refractivity contribution in [2.24, 2.45) is 0 Å². The van der Waals surface area contributed by atoms with Crippen molar-refractivity contribution in [3.05, 3.63) is 63.9 Å². The number of rotatable bonds is 8. The number of hydrogen-bond donors (Lipinski definition) is 1. The maximum absolute atomic E-state index is 12.8. The van der Waals surface area contributed by atoms with E-state index in [4.69, 9.17) is 16.7 Å². The Labute approximate surface area is 172 Å². The molecule has 3 rings (SSSR count). The molecule has 28 heavy (non-hydrogen) atoms. The van der Waals surface area contributed by atoms with Gasteiger partial charge in [-0.25, -0.2) is 13.4 Å². The lowest BCUT2D eigenvalue weighted by atomic mass is 10.2. The minimum Gasteiger partial charge on any atom is -0.396 e. The third-order valence-corrected chi connectivity index (χ3v) is 7.34. The van der Waals surface area contributed by atoms with Gasteiger partial charge in [-0.2, -0.15) is 0 Å². The summed E-state index contributed by atoms with van der Waals surface area (Å²) in [7, 11) is -3.46. The van der Waals surface area contributed by atoms with Crippen LogP contribution in [0.4, 0.5) is 0 Å². The molecule has 148 valence electrons. The summed E-state index contributed by atoms with van der Waals surface area (Å²) < 4.78 is 26.5. The lowest BCUT2D eigenvalue weighted by Gasteiger charge is -2.12. The summed E-state index contributed by atoms with van der Waals surface area (Å²) in [5, 5.41) is 10.5. The maximum Gasteiger partial charge on any atom is 0.262 e. The molecule has 6 nitrogen and oxygen atoms in total. The number of fused-ring (bicyclic) bond motifs is 1. The van der Waals surface area contributed by atoms with Crippen molar-refractivity contribution >= 4 is 44.1 Å². The van der Waals surface area contributed by atoms with Crippen molar-refractivity contribution in [2.75, 3.05) is 18.1 Å². The molecule has 0 unspecified atom stereocenters. The molecule has 0 aliphatic rings. The smallest absolute Gasteiger partial charge is 0.262 e. The number of halogens is 1. The van der Waals surface area contributed by atoms with Gasteiger partial charge < -0.3 is 5.11 Å². The van der Waals surface area contributed by atoms with Crippen LogP contribution in [-0.4, -0.2) is 41.2 Å². The van der Waals surface area contributed by atoms with Crippen molar-refractivity contribution in [1.29, 1.82) is 0 Å². The van der Waals surface area contributed by atoms with Crippen LogP contribution in [-0.2, 0) is 16.4 Å². The fraction of sp³-hybridized carbons (Fsp3) is 0.263. The summed E-state index contributed by atoms with van der Waals surface area (Å²) >= 11 is 7.03. The van der Waals surface area contributed by atoms with Crippen molar-refractivity contribution < 1.29 is 13.5 Å². The van der Waals surface area contributed by atoms with Gasteiger partial charge in [0.15, 0.2) is 15.0 Å². The Morgan fingerprint density at radius 2 is 1.82 bits per heavy atom. The Morgan fingerprint density at radius 1 is 1.11 bits per heavy atom. The Balaban J connectivity index is 1.83. The minimum absolute atomic E-state index is 0.0473. The molecule has 0 fully saturated rings. The van der Waals surface area contributed by atoms with E-state index < -0.39 is 9.84 Å². The Morgan fingerprint density at radius 3 is 2.54 bits per heavy atom. The first-order chi connectivity index (χ1) is 13.4. The molecular formula is C19H19ClN2O4S2. The van der Waals surface area contributed by atoms with Crippen LogP contribution < -0.4 is 5.56 Å². The fourth-order valence-corrected chi connectivity index (χ4v) is 5.49. The van der Waals surface area contributed by atoms with Crippen LogP contribution in [0.15, 0.2) is 63.4 Å². The summed E-state index contributed by atoms with van der Waals surface area (Å²) in [6, 6.07) is 13.1. The lowest BCUT2D eigenvalue weighted by Crippen LogP contribution is -2.24. The first-order valence-electron chi connectivity index (χ1n) is 8.64. The van der Waals surface area contributed by atoms with Gasteiger partial charge in [0.05, 0.1) is 21.6 Å². The fourth-order valence-electron chi connectivity index (χ4n) is 2.69. The van der Waals surface area contributed by atoms with Crippen molar-refractivity contribution in [2.45, 2.75) is 23.0 Å². The molecule has 9 heteroatoms. The predicted molar refractivity (Wildman–Crippen MR) is 112 cm³/mol. The van der Waals surface area contributed by atoms with Gasteiger partial charge in [-0.05, 0) is 42.8 Å². The zero-order valence-electron chi connectivity index (χ0n) is 14.9. The molecule has 0 aliphatic carbocycles. The van der Waals surface area contributed by atoms with Crippen LogP contribution in [0.5, 0.6) is 0 Å². The minimum atomic E-state index is -3.46. The van der Waals surface area contributed by atoms with E-state index in [0.29, 0.717) is 34.0 Å². The van der Waals surface area contributed by atoms with Gasteiger partial charge in [-0.1, -0.05) is 35.5 Å². The van der Waals surface area contributed by atoms with Gasteiger partial charge in [-0.15, -0.1) is 0 Å². The highest BCUT2D eigenvalue weighted by Gasteiger charge is 2.16. The molecular weight excluding hydrogens is 420 g/mol. The number of benzene rings is 2. The molecule has 0 amide bonds. The number of aliphatic hydroxyl groups is 1. The van der Waals surface area contributed by atoms with E-state index in [0.717, 1.165) is 0 Å². The first-order valence-corrected chi connectivity index (χ1v) is 11.7. The Hall–Kier alpha value is -1.87. The van der Waals surface area contributed by atoms with Crippen LogP contribution in [0.25, 0.3) is 10.9 Å². The van der Waals surface area contributed by atoms with E-state index in [1.807, 2.05) is 0 Å². The van der Waals surface area contributed by atoms with Gasteiger partial charge in [0.25, 0.3) is 5.56 Å². The quantitative estimate of drug-likeness (QED) is 0.429. The number of aliphatic hydroxyl groups excluding tert-OH is 1. The lowest BCUT2D eigenvalue weighted by molar-refractivity contribution is 0.276. The molecule has 3 aromatic rings. The topological polar surface area (TPSA) is 89.3 Å². The van der Waals surface area contributed by atoms with Crippen LogP contribution >= 0.6 is 23.4 Å². The predicted octanol–water partition coefficient (Wildman–Crippen LogP) is 3.00. The summed E-state index contributed by atoms with van der Waals surface area (Å²) in [5.41, 5.74) is 0.373. The van der Waals surface area contributed by atoms with Crippen LogP contribution in [0.2, 0.25) is 5.02 Å². The van der Waals surface area contributed by atoms with Crippen molar-refractivity contribution in [1.82, 2.24) is 9.55 Å². The van der Waals surface area contributed by atoms with Gasteiger partial charge in [0.2, 0.25) is 0 Å². The average Bonchev–Trinajstić information content (AvgIpc) is 2.68. The van der Waals surface area contributed by atoms with Gasteiger partial charge in [-0.3, -0.25) is 9.36 Å². The second-order valence-corrected chi connectivity index (χ2v) is 9.67. The van der Waals surface area contributed by atoms with Crippen LogP contribution in [0.3, 0.4) is 0 Å². The molecule has 0 atom stereocenters. The number of thioether (sulfide) groups is 1. The van der Waals surface area contributed by atoms with E-state index in [1.165, 1.54) is 28.5 Å². The third-order valence-electron chi connectivity index (χ3n) is 4.12. The SMILES string of the molecule is O=c1c2ccccc2nc(SCCS(=O)(=O)c2ccc(Cl)cc2)n1CCCO. The van der Waals surface area contributed by atoms with E-state index >= 15 is 0 Å². The zero-order valence-corrected chi connectivity index (χ0v) is 17.3.